The number of nitrogens with one attached hydrogen (secondary N) is 1. The molecule has 0 saturated heterocycles. The highest BCUT2D eigenvalue weighted by Crippen LogP contribution is 2.39. The van der Waals surface area contributed by atoms with Gasteiger partial charge in [0.05, 0.1) is 18.7 Å². The van der Waals surface area contributed by atoms with E-state index in [1.54, 1.807) is 6.07 Å². The summed E-state index contributed by atoms with van der Waals surface area (Å²) in [6.45, 7) is 0.525. The van der Waals surface area contributed by atoms with Crippen molar-refractivity contribution in [3.05, 3.63) is 24.0 Å². The molecule has 1 aromatic rings. The molecule has 1 aliphatic rings. The van der Waals surface area contributed by atoms with E-state index in [-0.39, 0.29) is 17.7 Å². The van der Waals surface area contributed by atoms with Crippen molar-refractivity contribution < 1.29 is 19.0 Å². The van der Waals surface area contributed by atoms with Crippen LogP contribution in [0.25, 0.3) is 0 Å². The van der Waals surface area contributed by atoms with Crippen molar-refractivity contribution in [3.63, 3.8) is 0 Å². The molecule has 17 heavy (non-hydrogen) atoms. The highest BCUT2D eigenvalue weighted by Gasteiger charge is 2.42. The van der Waals surface area contributed by atoms with Crippen LogP contribution in [0.15, 0.2) is 18.2 Å². The number of hydrogen-bond donors (Lipinski definition) is 2. The predicted molar refractivity (Wildman–Crippen MR) is 60.7 cm³/mol. The molecule has 2 unspecified atom stereocenters. The van der Waals surface area contributed by atoms with E-state index in [1.807, 2.05) is 0 Å². The maximum atomic E-state index is 13.0. The maximum absolute atomic E-state index is 13.0. The van der Waals surface area contributed by atoms with Crippen molar-refractivity contribution in [3.8, 4) is 5.75 Å². The SMILES string of the molecule is COc1ccc(F)cc1NCC1CC1C(=O)O. The van der Waals surface area contributed by atoms with Gasteiger partial charge in [0.25, 0.3) is 0 Å². The molecule has 0 heterocycles. The molecule has 92 valence electrons. The zero-order valence-electron chi connectivity index (χ0n) is 9.44. The van der Waals surface area contributed by atoms with Gasteiger partial charge in [-0.15, -0.1) is 0 Å². The van der Waals surface area contributed by atoms with E-state index in [9.17, 15) is 9.18 Å². The van der Waals surface area contributed by atoms with Gasteiger partial charge in [-0.05, 0) is 24.5 Å². The summed E-state index contributed by atoms with van der Waals surface area (Å²) in [6.07, 6.45) is 0.681. The fourth-order valence-electron chi connectivity index (χ4n) is 1.84. The second-order valence-corrected chi connectivity index (χ2v) is 4.17. The molecule has 0 aliphatic heterocycles. The summed E-state index contributed by atoms with van der Waals surface area (Å²) in [4.78, 5) is 10.6. The Kier molecular flexibility index (Phi) is 3.17. The summed E-state index contributed by atoms with van der Waals surface area (Å²) in [5, 5.41) is 11.8. The third-order valence-electron chi connectivity index (χ3n) is 2.96. The fourth-order valence-corrected chi connectivity index (χ4v) is 1.84. The molecule has 1 fully saturated rings. The van der Waals surface area contributed by atoms with Gasteiger partial charge in [-0.25, -0.2) is 4.39 Å². The second-order valence-electron chi connectivity index (χ2n) is 4.17. The summed E-state index contributed by atoms with van der Waals surface area (Å²) in [6, 6.07) is 4.21. The lowest BCUT2D eigenvalue weighted by Gasteiger charge is -2.10. The van der Waals surface area contributed by atoms with Gasteiger partial charge in [0.15, 0.2) is 0 Å². The summed E-state index contributed by atoms with van der Waals surface area (Å²) < 4.78 is 18.1. The Hall–Kier alpha value is -1.78. The Balaban J connectivity index is 1.95. The third-order valence-corrected chi connectivity index (χ3v) is 2.96. The van der Waals surface area contributed by atoms with Crippen LogP contribution in [0.3, 0.4) is 0 Å². The monoisotopic (exact) mass is 239 g/mol. The number of methoxy groups -OCH3 is 1. The molecule has 5 heteroatoms. The highest BCUT2D eigenvalue weighted by atomic mass is 19.1. The molecule has 0 spiro atoms. The normalized spacial score (nSPS) is 22.0. The first-order chi connectivity index (χ1) is 8.11. The molecule has 1 saturated carbocycles. The number of carboxylic acid groups (broad SMARTS) is 1. The molecule has 0 amide bonds. The van der Waals surface area contributed by atoms with E-state index in [0.717, 1.165) is 0 Å². The summed E-state index contributed by atoms with van der Waals surface area (Å²) in [7, 11) is 1.51. The zero-order chi connectivity index (χ0) is 12.4. The van der Waals surface area contributed by atoms with Gasteiger partial charge in [-0.3, -0.25) is 4.79 Å². The molecule has 1 aliphatic carbocycles. The first kappa shape index (κ1) is 11.7. The van der Waals surface area contributed by atoms with Crippen molar-refractivity contribution in [2.24, 2.45) is 11.8 Å². The molecule has 2 atom stereocenters. The maximum Gasteiger partial charge on any atom is 0.306 e. The minimum absolute atomic E-state index is 0.125. The van der Waals surface area contributed by atoms with Crippen LogP contribution in [0.4, 0.5) is 10.1 Å². The second kappa shape index (κ2) is 4.61. The number of ether oxygens (including phenoxy) is 1. The van der Waals surface area contributed by atoms with Crippen LogP contribution in [-0.2, 0) is 4.79 Å². The van der Waals surface area contributed by atoms with Crippen molar-refractivity contribution in [2.75, 3.05) is 19.0 Å². The van der Waals surface area contributed by atoms with Crippen molar-refractivity contribution in [2.45, 2.75) is 6.42 Å². The third kappa shape index (κ3) is 2.67. The first-order valence-electron chi connectivity index (χ1n) is 5.42. The standard InChI is InChI=1S/C12H14FNO3/c1-17-11-3-2-8(13)5-10(11)14-6-7-4-9(7)12(15)16/h2-3,5,7,9,14H,4,6H2,1H3,(H,15,16). The molecule has 2 rings (SSSR count). The minimum Gasteiger partial charge on any atom is -0.495 e. The first-order valence-corrected chi connectivity index (χ1v) is 5.42. The smallest absolute Gasteiger partial charge is 0.306 e. The van der Waals surface area contributed by atoms with E-state index in [1.165, 1.54) is 19.2 Å². The van der Waals surface area contributed by atoms with E-state index >= 15 is 0 Å². The van der Waals surface area contributed by atoms with E-state index in [4.69, 9.17) is 9.84 Å². The summed E-state index contributed by atoms with van der Waals surface area (Å²) in [5.74, 6) is -0.691. The molecule has 0 radical (unpaired) electrons. The average Bonchev–Trinajstić information content (AvgIpc) is 3.06. The number of benzene rings is 1. The number of anilines is 1. The van der Waals surface area contributed by atoms with E-state index in [2.05, 4.69) is 5.32 Å². The average molecular weight is 239 g/mol. The Bertz CT molecular complexity index is 436. The minimum atomic E-state index is -0.761. The lowest BCUT2D eigenvalue weighted by atomic mass is 10.2. The van der Waals surface area contributed by atoms with Gasteiger partial charge in [-0.2, -0.15) is 0 Å². The van der Waals surface area contributed by atoms with Gasteiger partial charge < -0.3 is 15.2 Å². The van der Waals surface area contributed by atoms with Gasteiger partial charge in [0.1, 0.15) is 11.6 Å². The van der Waals surface area contributed by atoms with E-state index < -0.39 is 5.97 Å². The zero-order valence-corrected chi connectivity index (χ0v) is 9.44. The summed E-state index contributed by atoms with van der Waals surface area (Å²) >= 11 is 0. The number of hydrogen-bond acceptors (Lipinski definition) is 3. The molecule has 0 aromatic heterocycles. The van der Waals surface area contributed by atoms with Crippen molar-refractivity contribution >= 4 is 11.7 Å². The Morgan fingerprint density at radius 3 is 3.00 bits per heavy atom. The summed E-state index contributed by atoms with van der Waals surface area (Å²) in [5.41, 5.74) is 0.559. The Morgan fingerprint density at radius 1 is 1.65 bits per heavy atom. The van der Waals surface area contributed by atoms with Crippen LogP contribution in [-0.4, -0.2) is 24.7 Å². The molecular weight excluding hydrogens is 225 g/mol. The number of carboxylic acids is 1. The molecular formula is C12H14FNO3. The van der Waals surface area contributed by atoms with Gasteiger partial charge in [-0.1, -0.05) is 0 Å². The highest BCUT2D eigenvalue weighted by molar-refractivity contribution is 5.73. The number of carbonyl (C=O) groups is 1. The topological polar surface area (TPSA) is 58.6 Å². The van der Waals surface area contributed by atoms with Gasteiger partial charge >= 0.3 is 5.97 Å². The fraction of sp³-hybridized carbons (Fsp3) is 0.417. The number of halogens is 1. The number of aliphatic carboxylic acids is 1. The van der Waals surface area contributed by atoms with Crippen LogP contribution < -0.4 is 10.1 Å². The lowest BCUT2D eigenvalue weighted by molar-refractivity contribution is -0.138. The van der Waals surface area contributed by atoms with Crippen LogP contribution in [0, 0.1) is 17.7 Å². The quantitative estimate of drug-likeness (QED) is 0.824. The molecule has 1 aromatic carbocycles. The largest absolute Gasteiger partial charge is 0.495 e. The van der Waals surface area contributed by atoms with Crippen LogP contribution in [0.5, 0.6) is 5.75 Å². The molecule has 4 nitrogen and oxygen atoms in total. The van der Waals surface area contributed by atoms with Gasteiger partial charge in [0.2, 0.25) is 0 Å². The predicted octanol–water partition coefficient (Wildman–Crippen LogP) is 1.97. The Morgan fingerprint density at radius 2 is 2.41 bits per heavy atom. The Labute approximate surface area is 98.4 Å². The molecule has 0 bridgehead atoms. The van der Waals surface area contributed by atoms with Crippen LogP contribution in [0.2, 0.25) is 0 Å². The van der Waals surface area contributed by atoms with Crippen LogP contribution >= 0.6 is 0 Å². The van der Waals surface area contributed by atoms with Crippen LogP contribution in [0.1, 0.15) is 6.42 Å². The van der Waals surface area contributed by atoms with E-state index in [0.29, 0.717) is 24.4 Å². The lowest BCUT2D eigenvalue weighted by Crippen LogP contribution is -2.09. The number of rotatable bonds is 5. The molecule has 2 N–H and O–H groups in total. The van der Waals surface area contributed by atoms with Gasteiger partial charge in [0, 0.05) is 12.6 Å². The van der Waals surface area contributed by atoms with Crippen molar-refractivity contribution in [1.29, 1.82) is 0 Å². The van der Waals surface area contributed by atoms with Crippen molar-refractivity contribution in [1.82, 2.24) is 0 Å².